The first-order valence-electron chi connectivity index (χ1n) is 10.8. The molecule has 5 nitrogen and oxygen atoms in total. The molecule has 1 aromatic carbocycles. The molecule has 0 N–H and O–H groups in total. The SMILES string of the molecule is CCCCCCCCOc1ccc(OCCCCCCCC)c(S(=O)(=O)[O-])c1.[Na+]. The van der Waals surface area contributed by atoms with E-state index in [1.165, 1.54) is 57.1 Å². The fraction of sp³-hybridized carbons (Fsp3) is 0.727. The molecule has 0 radical (unpaired) electrons. The van der Waals surface area contributed by atoms with E-state index < -0.39 is 10.1 Å². The van der Waals surface area contributed by atoms with Crippen LogP contribution in [-0.4, -0.2) is 26.2 Å². The zero-order valence-corrected chi connectivity index (χ0v) is 21.4. The second-order valence-electron chi connectivity index (χ2n) is 7.30. The van der Waals surface area contributed by atoms with Gasteiger partial charge in [0, 0.05) is 6.07 Å². The minimum atomic E-state index is -4.61. The molecule has 0 aliphatic rings. The third kappa shape index (κ3) is 13.6. The number of benzene rings is 1. The molecule has 0 unspecified atom stereocenters. The van der Waals surface area contributed by atoms with Gasteiger partial charge in [0.05, 0.1) is 18.1 Å². The molecule has 1 rings (SSSR count). The van der Waals surface area contributed by atoms with Gasteiger partial charge in [-0.25, -0.2) is 8.42 Å². The van der Waals surface area contributed by atoms with Crippen LogP contribution in [0, 0.1) is 0 Å². The summed E-state index contributed by atoms with van der Waals surface area (Å²) in [6.45, 7) is 5.29. The predicted octanol–water partition coefficient (Wildman–Crippen LogP) is 3.07. The Morgan fingerprint density at radius 1 is 0.759 bits per heavy atom. The third-order valence-corrected chi connectivity index (χ3v) is 5.56. The van der Waals surface area contributed by atoms with E-state index in [9.17, 15) is 13.0 Å². The Morgan fingerprint density at radius 3 is 1.76 bits per heavy atom. The van der Waals surface area contributed by atoms with Crippen LogP contribution >= 0.6 is 0 Å². The Morgan fingerprint density at radius 2 is 1.24 bits per heavy atom. The van der Waals surface area contributed by atoms with Gasteiger partial charge in [-0.3, -0.25) is 0 Å². The van der Waals surface area contributed by atoms with Gasteiger partial charge in [-0.05, 0) is 25.0 Å². The van der Waals surface area contributed by atoms with Crippen LogP contribution in [0.2, 0.25) is 0 Å². The topological polar surface area (TPSA) is 75.7 Å². The Hall–Kier alpha value is -0.270. The summed E-state index contributed by atoms with van der Waals surface area (Å²) in [6, 6.07) is 4.48. The summed E-state index contributed by atoms with van der Waals surface area (Å²) in [7, 11) is -4.61. The quantitative estimate of drug-likeness (QED) is 0.213. The van der Waals surface area contributed by atoms with Crippen LogP contribution in [0.15, 0.2) is 23.1 Å². The van der Waals surface area contributed by atoms with E-state index in [4.69, 9.17) is 9.47 Å². The van der Waals surface area contributed by atoms with E-state index in [1.807, 2.05) is 0 Å². The van der Waals surface area contributed by atoms with Crippen molar-refractivity contribution in [3.63, 3.8) is 0 Å². The van der Waals surface area contributed by atoms with Crippen LogP contribution in [-0.2, 0) is 10.1 Å². The molecule has 0 heterocycles. The summed E-state index contributed by atoms with van der Waals surface area (Å²) in [5, 5.41) is 0. The van der Waals surface area contributed by atoms with Crippen LogP contribution in [0.1, 0.15) is 90.9 Å². The standard InChI is InChI=1S/C22H38O5S.Na/c1-3-5-7-9-11-13-17-26-20-15-16-21(22(19-20)28(23,24)25)27-18-14-12-10-8-6-4-2;/h15-16,19H,3-14,17-18H2,1-2H3,(H,23,24,25);/q;+1/p-1. The average molecular weight is 437 g/mol. The van der Waals surface area contributed by atoms with E-state index in [2.05, 4.69) is 13.8 Å². The molecule has 0 atom stereocenters. The van der Waals surface area contributed by atoms with Gasteiger partial charge >= 0.3 is 29.6 Å². The van der Waals surface area contributed by atoms with E-state index in [-0.39, 0.29) is 40.2 Å². The average Bonchev–Trinajstić information content (AvgIpc) is 2.66. The van der Waals surface area contributed by atoms with Gasteiger partial charge in [0.25, 0.3) is 0 Å². The van der Waals surface area contributed by atoms with Crippen molar-refractivity contribution in [1.29, 1.82) is 0 Å². The molecule has 7 heteroatoms. The molecule has 1 aromatic rings. The van der Waals surface area contributed by atoms with E-state index in [0.717, 1.165) is 32.1 Å². The number of hydrogen-bond acceptors (Lipinski definition) is 5. The smallest absolute Gasteiger partial charge is 0.744 e. The zero-order valence-electron chi connectivity index (χ0n) is 18.6. The van der Waals surface area contributed by atoms with Gasteiger partial charge < -0.3 is 14.0 Å². The van der Waals surface area contributed by atoms with Crippen molar-refractivity contribution >= 4 is 10.1 Å². The third-order valence-electron chi connectivity index (χ3n) is 4.71. The van der Waals surface area contributed by atoms with Crippen molar-refractivity contribution in [3.8, 4) is 11.5 Å². The summed E-state index contributed by atoms with van der Waals surface area (Å²) in [4.78, 5) is -0.334. The molecular weight excluding hydrogens is 399 g/mol. The molecule has 0 bridgehead atoms. The molecule has 0 saturated carbocycles. The fourth-order valence-corrected chi connectivity index (χ4v) is 3.66. The van der Waals surface area contributed by atoms with Gasteiger partial charge in [0.15, 0.2) is 0 Å². The molecule has 0 fully saturated rings. The van der Waals surface area contributed by atoms with Gasteiger partial charge in [-0.1, -0.05) is 78.1 Å². The molecule has 162 valence electrons. The second-order valence-corrected chi connectivity index (χ2v) is 8.64. The van der Waals surface area contributed by atoms with Crippen molar-refractivity contribution in [1.82, 2.24) is 0 Å². The Kier molecular flexibility index (Phi) is 17.3. The van der Waals surface area contributed by atoms with Crippen molar-refractivity contribution < 1.29 is 52.0 Å². The summed E-state index contributed by atoms with van der Waals surface area (Å²) < 4.78 is 46.0. The number of unbranched alkanes of at least 4 members (excludes halogenated alkanes) is 10. The Bertz CT molecular complexity index is 634. The normalized spacial score (nSPS) is 11.1. The number of ether oxygens (including phenoxy) is 2. The monoisotopic (exact) mass is 436 g/mol. The van der Waals surface area contributed by atoms with E-state index >= 15 is 0 Å². The Balaban J connectivity index is 0.00000784. The van der Waals surface area contributed by atoms with Gasteiger partial charge in [-0.2, -0.15) is 0 Å². The number of rotatable bonds is 17. The number of hydrogen-bond donors (Lipinski definition) is 0. The molecule has 0 aliphatic carbocycles. The van der Waals surface area contributed by atoms with Crippen LogP contribution in [0.4, 0.5) is 0 Å². The summed E-state index contributed by atoms with van der Waals surface area (Å²) in [5.74, 6) is 0.519. The molecule has 0 aromatic heterocycles. The summed E-state index contributed by atoms with van der Waals surface area (Å²) in [5.41, 5.74) is 0. The molecule has 29 heavy (non-hydrogen) atoms. The maximum Gasteiger partial charge on any atom is 1.00 e. The van der Waals surface area contributed by atoms with E-state index in [0.29, 0.717) is 19.0 Å². The molecule has 0 spiro atoms. The van der Waals surface area contributed by atoms with Crippen LogP contribution in [0.3, 0.4) is 0 Å². The van der Waals surface area contributed by atoms with Gasteiger partial charge in [0.2, 0.25) is 0 Å². The van der Waals surface area contributed by atoms with Crippen molar-refractivity contribution in [2.45, 2.75) is 95.8 Å². The van der Waals surface area contributed by atoms with Crippen LogP contribution in [0.5, 0.6) is 11.5 Å². The second kappa shape index (κ2) is 17.4. The first-order chi connectivity index (χ1) is 13.5. The summed E-state index contributed by atoms with van der Waals surface area (Å²) in [6.07, 6.45) is 13.6. The Labute approximate surface area is 200 Å². The minimum Gasteiger partial charge on any atom is -0.744 e. The fourth-order valence-electron chi connectivity index (χ4n) is 3.03. The van der Waals surface area contributed by atoms with Crippen LogP contribution < -0.4 is 39.0 Å². The van der Waals surface area contributed by atoms with Gasteiger partial charge in [0.1, 0.15) is 21.6 Å². The maximum atomic E-state index is 11.6. The zero-order chi connectivity index (χ0) is 20.7. The predicted molar refractivity (Wildman–Crippen MR) is 112 cm³/mol. The van der Waals surface area contributed by atoms with E-state index in [1.54, 1.807) is 6.07 Å². The molecular formula is C22H37NaO5S. The van der Waals surface area contributed by atoms with Gasteiger partial charge in [-0.15, -0.1) is 0 Å². The first kappa shape index (κ1) is 28.7. The molecule has 0 aliphatic heterocycles. The first-order valence-corrected chi connectivity index (χ1v) is 12.3. The largest absolute Gasteiger partial charge is 1.00 e. The minimum absolute atomic E-state index is 0. The van der Waals surface area contributed by atoms with Crippen molar-refractivity contribution in [2.24, 2.45) is 0 Å². The summed E-state index contributed by atoms with van der Waals surface area (Å²) >= 11 is 0. The molecule has 0 saturated heterocycles. The van der Waals surface area contributed by atoms with Crippen molar-refractivity contribution in [2.75, 3.05) is 13.2 Å². The van der Waals surface area contributed by atoms with Crippen molar-refractivity contribution in [3.05, 3.63) is 18.2 Å². The molecule has 0 amide bonds. The van der Waals surface area contributed by atoms with Crippen LogP contribution in [0.25, 0.3) is 0 Å². The maximum absolute atomic E-state index is 11.6.